The van der Waals surface area contributed by atoms with Crippen molar-refractivity contribution in [2.75, 3.05) is 12.4 Å². The first-order valence-electron chi connectivity index (χ1n) is 9.00. The average Bonchev–Trinajstić information content (AvgIpc) is 3.27. The number of anilines is 1. The number of carbonyl (C=O) groups excluding carboxylic acids is 1. The third-order valence-corrected chi connectivity index (χ3v) is 5.60. The summed E-state index contributed by atoms with van der Waals surface area (Å²) < 4.78 is 8.14. The first kappa shape index (κ1) is 21.2. The predicted octanol–water partition coefficient (Wildman–Crippen LogP) is 1.06. The van der Waals surface area contributed by atoms with E-state index in [-0.39, 0.29) is 5.28 Å². The molecule has 1 aliphatic heterocycles. The van der Waals surface area contributed by atoms with Gasteiger partial charge in [0.1, 0.15) is 12.2 Å². The number of benzene rings is 1. The summed E-state index contributed by atoms with van der Waals surface area (Å²) in [6.07, 6.45) is -3.65. The lowest BCUT2D eigenvalue weighted by molar-refractivity contribution is -0.137. The van der Waals surface area contributed by atoms with Crippen molar-refractivity contribution < 1.29 is 19.7 Å². The first-order chi connectivity index (χ1) is 14.4. The van der Waals surface area contributed by atoms with E-state index in [0.717, 1.165) is 9.13 Å². The highest BCUT2D eigenvalue weighted by molar-refractivity contribution is 14.1. The average molecular weight is 545 g/mol. The van der Waals surface area contributed by atoms with Gasteiger partial charge in [-0.25, -0.2) is 4.98 Å². The minimum Gasteiger partial charge on any atom is -0.387 e. The van der Waals surface area contributed by atoms with Gasteiger partial charge < -0.3 is 25.6 Å². The van der Waals surface area contributed by atoms with Crippen LogP contribution in [-0.2, 0) is 16.1 Å². The van der Waals surface area contributed by atoms with Crippen LogP contribution in [0, 0.1) is 3.57 Å². The monoisotopic (exact) mass is 544 g/mol. The molecule has 0 aliphatic carbocycles. The van der Waals surface area contributed by atoms with Crippen LogP contribution in [0.25, 0.3) is 11.2 Å². The van der Waals surface area contributed by atoms with Crippen LogP contribution >= 0.6 is 34.2 Å². The second-order valence-electron chi connectivity index (χ2n) is 6.69. The van der Waals surface area contributed by atoms with Crippen molar-refractivity contribution in [1.82, 2.24) is 24.8 Å². The Balaban J connectivity index is 1.64. The molecule has 1 fully saturated rings. The van der Waals surface area contributed by atoms with Gasteiger partial charge in [0.25, 0.3) is 5.91 Å². The summed E-state index contributed by atoms with van der Waals surface area (Å²) in [7, 11) is 1.42. The smallest absolute Gasteiger partial charge is 0.251 e. The molecule has 4 rings (SSSR count). The van der Waals surface area contributed by atoms with E-state index < -0.39 is 30.4 Å². The molecule has 0 saturated carbocycles. The van der Waals surface area contributed by atoms with Crippen molar-refractivity contribution >= 4 is 57.1 Å². The van der Waals surface area contributed by atoms with Gasteiger partial charge in [-0.15, -0.1) is 0 Å². The number of likely N-dealkylation sites (N-methyl/N-ethyl adjacent to an activating group) is 1. The van der Waals surface area contributed by atoms with Gasteiger partial charge in [-0.2, -0.15) is 9.97 Å². The van der Waals surface area contributed by atoms with E-state index in [2.05, 4.69) is 48.2 Å². The summed E-state index contributed by atoms with van der Waals surface area (Å²) in [4.78, 5) is 24.7. The van der Waals surface area contributed by atoms with Gasteiger partial charge in [-0.3, -0.25) is 9.36 Å². The van der Waals surface area contributed by atoms with Crippen LogP contribution in [0.4, 0.5) is 5.82 Å². The number of rotatable bonds is 5. The van der Waals surface area contributed by atoms with Crippen LogP contribution in [0.5, 0.6) is 0 Å². The molecule has 2 unspecified atom stereocenters. The minimum absolute atomic E-state index is 0.0229. The standard InChI is InChI=1S/C18H18ClIN6O4/c1-21-16(29)13-11(27)12(28)17(30-13)26-7-23-10-14(24-18(19)25-15(10)26)22-6-8-3-2-4-9(20)5-8/h2-5,7,11-13,17,27-28H,6H2,1H3,(H,21,29)(H,22,24,25)/t11?,12?,13-,17+/m0/s1. The zero-order valence-electron chi connectivity index (χ0n) is 15.7. The summed E-state index contributed by atoms with van der Waals surface area (Å²) in [5.41, 5.74) is 1.77. The second-order valence-corrected chi connectivity index (χ2v) is 8.28. The van der Waals surface area contributed by atoms with Crippen LogP contribution in [0.3, 0.4) is 0 Å². The van der Waals surface area contributed by atoms with E-state index in [1.54, 1.807) is 0 Å². The van der Waals surface area contributed by atoms with E-state index in [1.165, 1.54) is 17.9 Å². The minimum atomic E-state index is -1.40. The summed E-state index contributed by atoms with van der Waals surface area (Å²) >= 11 is 8.35. The van der Waals surface area contributed by atoms with Crippen molar-refractivity contribution in [2.24, 2.45) is 0 Å². The number of amides is 1. The molecule has 1 saturated heterocycles. The van der Waals surface area contributed by atoms with Crippen LogP contribution in [0.2, 0.25) is 5.28 Å². The van der Waals surface area contributed by atoms with E-state index in [0.29, 0.717) is 23.5 Å². The molecule has 0 bridgehead atoms. The third kappa shape index (κ3) is 3.95. The number of aliphatic hydroxyl groups excluding tert-OH is 2. The number of aromatic nitrogens is 4. The van der Waals surface area contributed by atoms with Crippen molar-refractivity contribution in [1.29, 1.82) is 0 Å². The molecular weight excluding hydrogens is 527 g/mol. The van der Waals surface area contributed by atoms with Crippen molar-refractivity contribution in [3.05, 3.63) is 45.0 Å². The van der Waals surface area contributed by atoms with Crippen LogP contribution in [0.1, 0.15) is 11.8 Å². The van der Waals surface area contributed by atoms with Gasteiger partial charge in [0.15, 0.2) is 29.3 Å². The zero-order valence-corrected chi connectivity index (χ0v) is 18.6. The molecule has 12 heteroatoms. The van der Waals surface area contributed by atoms with Crippen LogP contribution < -0.4 is 10.6 Å². The normalized spacial score (nSPS) is 23.6. The maximum absolute atomic E-state index is 11.9. The van der Waals surface area contributed by atoms with Gasteiger partial charge in [0, 0.05) is 17.2 Å². The molecule has 4 atom stereocenters. The molecule has 0 radical (unpaired) electrons. The number of nitrogens with one attached hydrogen (secondary N) is 2. The molecule has 30 heavy (non-hydrogen) atoms. The molecule has 2 aromatic heterocycles. The Bertz CT molecular complexity index is 1100. The lowest BCUT2D eigenvalue weighted by Crippen LogP contribution is -2.41. The van der Waals surface area contributed by atoms with Crippen molar-refractivity contribution in [2.45, 2.75) is 31.1 Å². The van der Waals surface area contributed by atoms with Crippen LogP contribution in [0.15, 0.2) is 30.6 Å². The van der Waals surface area contributed by atoms with Crippen molar-refractivity contribution in [3.63, 3.8) is 0 Å². The van der Waals surface area contributed by atoms with Gasteiger partial charge in [-0.1, -0.05) is 12.1 Å². The molecule has 1 aliphatic rings. The number of nitrogens with zero attached hydrogens (tertiary/aromatic N) is 4. The number of carbonyl (C=O) groups is 1. The van der Waals surface area contributed by atoms with Gasteiger partial charge >= 0.3 is 0 Å². The zero-order chi connectivity index (χ0) is 21.4. The summed E-state index contributed by atoms with van der Waals surface area (Å²) in [5, 5.41) is 26.2. The number of fused-ring (bicyclic) bond motifs is 1. The van der Waals surface area contributed by atoms with Gasteiger partial charge in [0.2, 0.25) is 5.28 Å². The number of aliphatic hydroxyl groups is 2. The molecule has 3 aromatic rings. The fourth-order valence-corrected chi connectivity index (χ4v) is 4.05. The van der Waals surface area contributed by atoms with Gasteiger partial charge in [0.05, 0.1) is 6.33 Å². The summed E-state index contributed by atoms with van der Waals surface area (Å²) in [5.74, 6) is -0.125. The lowest BCUT2D eigenvalue weighted by Gasteiger charge is -2.16. The topological polar surface area (TPSA) is 134 Å². The quantitative estimate of drug-likeness (QED) is 0.277. The number of ether oxygens (including phenoxy) is 1. The third-order valence-electron chi connectivity index (χ3n) is 4.76. The van der Waals surface area contributed by atoms with E-state index in [9.17, 15) is 15.0 Å². The summed E-state index contributed by atoms with van der Waals surface area (Å²) in [6.45, 7) is 0.492. The Morgan fingerprint density at radius 3 is 2.87 bits per heavy atom. The second kappa shape index (κ2) is 8.59. The number of hydrogen-bond donors (Lipinski definition) is 4. The van der Waals surface area contributed by atoms with Crippen molar-refractivity contribution in [3.8, 4) is 0 Å². The highest BCUT2D eigenvalue weighted by Crippen LogP contribution is 2.33. The number of halogens is 2. The SMILES string of the molecule is CNC(=O)[C@H]1O[C@@H](n2cnc3c(NCc4cccc(I)c4)nc(Cl)nc32)C(O)C1O. The van der Waals surface area contributed by atoms with E-state index >= 15 is 0 Å². The highest BCUT2D eigenvalue weighted by atomic mass is 127. The largest absolute Gasteiger partial charge is 0.387 e. The molecule has 158 valence electrons. The van der Waals surface area contributed by atoms with Crippen LogP contribution in [-0.4, -0.2) is 61.0 Å². The molecule has 3 heterocycles. The maximum Gasteiger partial charge on any atom is 0.251 e. The maximum atomic E-state index is 11.9. The Hall–Kier alpha value is -2.06. The van der Waals surface area contributed by atoms with Gasteiger partial charge in [-0.05, 0) is 51.9 Å². The first-order valence-corrected chi connectivity index (χ1v) is 10.5. The molecular formula is C18H18ClIN6O4. The summed E-state index contributed by atoms with van der Waals surface area (Å²) in [6, 6.07) is 7.98. The Labute approximate surface area is 189 Å². The Kier molecular flexibility index (Phi) is 6.06. The molecule has 0 spiro atoms. The Morgan fingerprint density at radius 1 is 1.33 bits per heavy atom. The number of imidazole rings is 1. The molecule has 1 amide bonds. The predicted molar refractivity (Wildman–Crippen MR) is 117 cm³/mol. The molecule has 1 aromatic carbocycles. The fraction of sp³-hybridized carbons (Fsp3) is 0.333. The van der Waals surface area contributed by atoms with E-state index in [1.807, 2.05) is 24.3 Å². The Morgan fingerprint density at radius 2 is 2.13 bits per heavy atom. The fourth-order valence-electron chi connectivity index (χ4n) is 3.28. The molecule has 10 nitrogen and oxygen atoms in total. The van der Waals surface area contributed by atoms with E-state index in [4.69, 9.17) is 16.3 Å². The highest BCUT2D eigenvalue weighted by Gasteiger charge is 2.47. The molecule has 4 N–H and O–H groups in total. The number of hydrogen-bond acceptors (Lipinski definition) is 8. The lowest BCUT2D eigenvalue weighted by atomic mass is 10.1.